The monoisotopic (exact) mass is 514 g/mol. The average molecular weight is 516 g/mol. The fourth-order valence-electron chi connectivity index (χ4n) is 3.72. The van der Waals surface area contributed by atoms with Crippen LogP contribution >= 0.6 is 47.2 Å². The summed E-state index contributed by atoms with van der Waals surface area (Å²) in [5.41, 5.74) is 3.09. The number of pyridine rings is 1. The molecule has 0 amide bonds. The molecule has 1 aromatic heterocycles. The number of unbranched alkanes of at least 4 members (excludes halogenated alkanes) is 2. The van der Waals surface area contributed by atoms with E-state index < -0.39 is 6.10 Å². The quantitative estimate of drug-likeness (QED) is 0.295. The lowest BCUT2D eigenvalue weighted by Gasteiger charge is -2.26. The smallest absolute Gasteiger partial charge is 0.0924 e. The Hall–Kier alpha value is -1.07. The summed E-state index contributed by atoms with van der Waals surface area (Å²) in [5.74, 6) is 0. The van der Waals surface area contributed by atoms with Crippen molar-refractivity contribution in [3.05, 3.63) is 63.1 Å². The van der Waals surface area contributed by atoms with E-state index in [4.69, 9.17) is 39.8 Å². The molecule has 3 rings (SSSR count). The summed E-state index contributed by atoms with van der Waals surface area (Å²) in [6.45, 7) is 6.88. The zero-order valence-electron chi connectivity index (χ0n) is 18.5. The Kier molecular flexibility index (Phi) is 11.0. The molecule has 1 atom stereocenters. The van der Waals surface area contributed by atoms with Crippen LogP contribution < -0.4 is 0 Å². The van der Waals surface area contributed by atoms with Crippen LogP contribution in [-0.2, 0) is 0 Å². The molecule has 0 saturated carbocycles. The Labute approximate surface area is 212 Å². The van der Waals surface area contributed by atoms with Gasteiger partial charge in [-0.1, -0.05) is 73.6 Å². The molecule has 1 N–H and O–H groups in total. The predicted molar refractivity (Wildman–Crippen MR) is 141 cm³/mol. The Balaban J connectivity index is 0.00000363. The Bertz CT molecular complexity index is 1000. The van der Waals surface area contributed by atoms with Gasteiger partial charge in [0.2, 0.25) is 0 Å². The Morgan fingerprint density at radius 2 is 1.53 bits per heavy atom. The van der Waals surface area contributed by atoms with Crippen LogP contribution in [0.4, 0.5) is 0 Å². The van der Waals surface area contributed by atoms with Crippen LogP contribution in [-0.4, -0.2) is 34.6 Å². The first-order valence-corrected chi connectivity index (χ1v) is 12.0. The summed E-state index contributed by atoms with van der Waals surface area (Å²) in [6.07, 6.45) is 3.80. The number of benzene rings is 2. The largest absolute Gasteiger partial charge is 0.387 e. The number of aromatic nitrogens is 1. The average Bonchev–Trinajstić information content (AvgIpc) is 2.75. The molecule has 7 heteroatoms. The molecule has 0 saturated heterocycles. The van der Waals surface area contributed by atoms with Crippen molar-refractivity contribution in [3.8, 4) is 11.3 Å². The van der Waals surface area contributed by atoms with Crippen LogP contribution in [0.15, 0.2) is 42.5 Å². The van der Waals surface area contributed by atoms with Crippen LogP contribution in [0.5, 0.6) is 0 Å². The molecule has 0 spiro atoms. The highest BCUT2D eigenvalue weighted by Crippen LogP contribution is 2.35. The SMILES string of the molecule is CCCCN(CCCC)CC(O)c1cc(-c2ccc(Cl)cc2)nc2c(Cl)cc(Cl)cc12.Cl. The van der Waals surface area contributed by atoms with Crippen molar-refractivity contribution < 1.29 is 5.11 Å². The van der Waals surface area contributed by atoms with Crippen LogP contribution in [0, 0.1) is 0 Å². The highest BCUT2D eigenvalue weighted by Gasteiger charge is 2.19. The molecule has 1 heterocycles. The van der Waals surface area contributed by atoms with E-state index in [0.717, 1.165) is 61.0 Å². The molecule has 0 aliphatic heterocycles. The highest BCUT2D eigenvalue weighted by atomic mass is 35.5. The van der Waals surface area contributed by atoms with Crippen LogP contribution in [0.1, 0.15) is 51.2 Å². The molecular weight excluding hydrogens is 486 g/mol. The summed E-state index contributed by atoms with van der Waals surface area (Å²) in [5, 5.41) is 13.8. The first-order valence-electron chi connectivity index (χ1n) is 10.9. The third-order valence-corrected chi connectivity index (χ3v) is 6.21. The van der Waals surface area contributed by atoms with Crippen molar-refractivity contribution in [1.82, 2.24) is 9.88 Å². The number of aliphatic hydroxyl groups excluding tert-OH is 1. The fourth-order valence-corrected chi connectivity index (χ4v) is 4.38. The molecule has 3 nitrogen and oxygen atoms in total. The van der Waals surface area contributed by atoms with Crippen molar-refractivity contribution in [2.45, 2.75) is 45.6 Å². The van der Waals surface area contributed by atoms with Gasteiger partial charge in [0.1, 0.15) is 0 Å². The second-order valence-electron chi connectivity index (χ2n) is 7.91. The van der Waals surface area contributed by atoms with Gasteiger partial charge in [-0.3, -0.25) is 0 Å². The first-order chi connectivity index (χ1) is 14.9. The Morgan fingerprint density at radius 3 is 2.12 bits per heavy atom. The van der Waals surface area contributed by atoms with Gasteiger partial charge in [0, 0.05) is 27.5 Å². The highest BCUT2D eigenvalue weighted by molar-refractivity contribution is 6.38. The van der Waals surface area contributed by atoms with Gasteiger partial charge in [-0.25, -0.2) is 4.98 Å². The molecule has 3 aromatic rings. The summed E-state index contributed by atoms with van der Waals surface area (Å²) >= 11 is 18.9. The maximum Gasteiger partial charge on any atom is 0.0924 e. The van der Waals surface area contributed by atoms with Gasteiger partial charge in [-0.15, -0.1) is 12.4 Å². The van der Waals surface area contributed by atoms with Gasteiger partial charge in [0.15, 0.2) is 0 Å². The number of nitrogens with zero attached hydrogens (tertiary/aromatic N) is 2. The molecule has 32 heavy (non-hydrogen) atoms. The molecule has 2 aromatic carbocycles. The van der Waals surface area contributed by atoms with Crippen molar-refractivity contribution in [2.24, 2.45) is 0 Å². The topological polar surface area (TPSA) is 36.4 Å². The van der Waals surface area contributed by atoms with E-state index in [2.05, 4.69) is 18.7 Å². The van der Waals surface area contributed by atoms with E-state index >= 15 is 0 Å². The minimum Gasteiger partial charge on any atom is -0.387 e. The number of hydrogen-bond donors (Lipinski definition) is 1. The summed E-state index contributed by atoms with van der Waals surface area (Å²) in [4.78, 5) is 7.12. The van der Waals surface area contributed by atoms with Gasteiger partial charge in [0.25, 0.3) is 0 Å². The summed E-state index contributed by atoms with van der Waals surface area (Å²) in [7, 11) is 0. The van der Waals surface area contributed by atoms with Gasteiger partial charge in [0.05, 0.1) is 22.3 Å². The van der Waals surface area contributed by atoms with E-state index in [9.17, 15) is 5.11 Å². The normalized spacial score (nSPS) is 12.2. The lowest BCUT2D eigenvalue weighted by atomic mass is 9.99. The number of rotatable bonds is 10. The van der Waals surface area contributed by atoms with Gasteiger partial charge in [-0.05, 0) is 61.8 Å². The fraction of sp³-hybridized carbons (Fsp3) is 0.400. The molecule has 0 bridgehead atoms. The second-order valence-corrected chi connectivity index (χ2v) is 9.19. The maximum atomic E-state index is 11.3. The van der Waals surface area contributed by atoms with Crippen LogP contribution in [0.3, 0.4) is 0 Å². The van der Waals surface area contributed by atoms with E-state index in [0.29, 0.717) is 27.1 Å². The van der Waals surface area contributed by atoms with Gasteiger partial charge < -0.3 is 10.0 Å². The molecule has 0 fully saturated rings. The van der Waals surface area contributed by atoms with Gasteiger partial charge in [-0.2, -0.15) is 0 Å². The van der Waals surface area contributed by atoms with Crippen molar-refractivity contribution in [3.63, 3.8) is 0 Å². The van der Waals surface area contributed by atoms with Crippen molar-refractivity contribution in [2.75, 3.05) is 19.6 Å². The van der Waals surface area contributed by atoms with Crippen molar-refractivity contribution in [1.29, 1.82) is 0 Å². The minimum absolute atomic E-state index is 0. The lowest BCUT2D eigenvalue weighted by molar-refractivity contribution is 0.112. The van der Waals surface area contributed by atoms with Crippen LogP contribution in [0.2, 0.25) is 15.1 Å². The number of hydrogen-bond acceptors (Lipinski definition) is 3. The molecule has 174 valence electrons. The molecular formula is C25H30Cl4N2O. The Morgan fingerprint density at radius 1 is 0.906 bits per heavy atom. The zero-order valence-corrected chi connectivity index (χ0v) is 21.5. The molecule has 1 unspecified atom stereocenters. The van der Waals surface area contributed by atoms with E-state index in [1.807, 2.05) is 36.4 Å². The molecule has 0 aliphatic carbocycles. The maximum absolute atomic E-state index is 11.3. The predicted octanol–water partition coefficient (Wildman–Crippen LogP) is 8.22. The third kappa shape index (κ3) is 6.96. The number of halogens is 4. The standard InChI is InChI=1S/C25H29Cl3N2O.ClH/c1-3-5-11-30(12-6-4-2)16-24(31)20-15-23(17-7-9-18(26)10-8-17)29-25-21(20)13-19(27)14-22(25)28;/h7-10,13-15,24,31H,3-6,11-12,16H2,1-2H3;1H. The summed E-state index contributed by atoms with van der Waals surface area (Å²) < 4.78 is 0. The van der Waals surface area contributed by atoms with E-state index in [1.165, 1.54) is 0 Å². The molecule has 0 aliphatic rings. The van der Waals surface area contributed by atoms with Crippen LogP contribution in [0.25, 0.3) is 22.2 Å². The second kappa shape index (κ2) is 13.0. The zero-order chi connectivity index (χ0) is 22.4. The third-order valence-electron chi connectivity index (χ3n) is 5.45. The minimum atomic E-state index is -0.681. The van der Waals surface area contributed by atoms with Crippen molar-refractivity contribution >= 4 is 58.1 Å². The van der Waals surface area contributed by atoms with E-state index in [1.54, 1.807) is 6.07 Å². The number of fused-ring (bicyclic) bond motifs is 1. The number of aliphatic hydroxyl groups is 1. The lowest BCUT2D eigenvalue weighted by Crippen LogP contribution is -2.31. The first kappa shape index (κ1) is 27.2. The van der Waals surface area contributed by atoms with E-state index in [-0.39, 0.29) is 12.4 Å². The van der Waals surface area contributed by atoms with Gasteiger partial charge >= 0.3 is 0 Å². The molecule has 0 radical (unpaired) electrons. The summed E-state index contributed by atoms with van der Waals surface area (Å²) in [6, 6.07) is 13.0.